The molecule has 0 rings (SSSR count). The molecule has 0 aromatic rings. The number of nitrogens with one attached hydrogen (secondary N) is 5. The molecule has 0 radical (unpaired) electrons. The first-order valence-corrected chi connectivity index (χ1v) is 11.9. The van der Waals surface area contributed by atoms with Crippen molar-refractivity contribution in [3.63, 3.8) is 0 Å². The Bertz CT molecular complexity index is 748. The van der Waals surface area contributed by atoms with Crippen molar-refractivity contribution in [2.75, 3.05) is 26.2 Å². The van der Waals surface area contributed by atoms with Crippen LogP contribution in [0.5, 0.6) is 0 Å². The molecule has 0 saturated heterocycles. The first-order chi connectivity index (χ1) is 17.0. The van der Waals surface area contributed by atoms with E-state index in [2.05, 4.69) is 26.6 Å². The number of hydrogen-bond donors (Lipinski definition) is 8. The minimum atomic E-state index is -1.34. The summed E-state index contributed by atoms with van der Waals surface area (Å²) in [6, 6.07) is -4.24. The average Bonchev–Trinajstić information content (AvgIpc) is 2.83. The summed E-state index contributed by atoms with van der Waals surface area (Å²) in [5.74, 6) is -3.29. The zero-order chi connectivity index (χ0) is 27.7. The van der Waals surface area contributed by atoms with Crippen LogP contribution in [0.25, 0.3) is 0 Å². The molecular formula is C22H41N7O7. The monoisotopic (exact) mass is 515 g/mol. The van der Waals surface area contributed by atoms with Crippen molar-refractivity contribution in [1.82, 2.24) is 26.6 Å². The minimum Gasteiger partial charge on any atom is -0.394 e. The number of carbonyl (C=O) groups is 6. The summed E-state index contributed by atoms with van der Waals surface area (Å²) in [5.41, 5.74) is 10.7. The maximum absolute atomic E-state index is 13.0. The van der Waals surface area contributed by atoms with Crippen LogP contribution in [-0.4, -0.2) is 91.3 Å². The van der Waals surface area contributed by atoms with Crippen LogP contribution in [0.15, 0.2) is 0 Å². The molecule has 0 unspecified atom stereocenters. The lowest BCUT2D eigenvalue weighted by Crippen LogP contribution is -2.58. The van der Waals surface area contributed by atoms with Crippen LogP contribution in [0.3, 0.4) is 0 Å². The first-order valence-electron chi connectivity index (χ1n) is 11.9. The van der Waals surface area contributed by atoms with Gasteiger partial charge in [-0.2, -0.15) is 0 Å². The van der Waals surface area contributed by atoms with Crippen molar-refractivity contribution in [1.29, 1.82) is 0 Å². The standard InChI is InChI=1S/C22H41N7O7/c1-13(2)8-16(21(35)29-17(12-31)22(36)26-14(3)11-30)28-20(34)15(6-4-5-7-23)27-19(33)10-25-18(32)9-24/h11,13-17,31H,4-10,12,23-24H2,1-3H3,(H,25,32)(H,26,36)(H,27,33)(H,28,34)(H,29,35)/t14-,15-,16-,17-/m0/s1. The minimum absolute atomic E-state index is 0.0331. The fourth-order valence-corrected chi connectivity index (χ4v) is 3.06. The molecule has 0 aliphatic rings. The summed E-state index contributed by atoms with van der Waals surface area (Å²) in [4.78, 5) is 72.5. The lowest BCUT2D eigenvalue weighted by molar-refractivity contribution is -0.134. The molecular weight excluding hydrogens is 474 g/mol. The Kier molecular flexibility index (Phi) is 16.6. The largest absolute Gasteiger partial charge is 0.394 e. The van der Waals surface area contributed by atoms with Gasteiger partial charge in [0.2, 0.25) is 29.5 Å². The zero-order valence-corrected chi connectivity index (χ0v) is 21.2. The fourth-order valence-electron chi connectivity index (χ4n) is 3.06. The number of aldehydes is 1. The highest BCUT2D eigenvalue weighted by molar-refractivity contribution is 5.95. The van der Waals surface area contributed by atoms with Crippen molar-refractivity contribution < 1.29 is 33.9 Å². The van der Waals surface area contributed by atoms with Crippen LogP contribution in [0.2, 0.25) is 0 Å². The Morgan fingerprint density at radius 1 is 0.806 bits per heavy atom. The molecule has 206 valence electrons. The lowest BCUT2D eigenvalue weighted by Gasteiger charge is -2.26. The van der Waals surface area contributed by atoms with Crippen molar-refractivity contribution >= 4 is 35.8 Å². The molecule has 14 nitrogen and oxygen atoms in total. The number of hydrogen-bond acceptors (Lipinski definition) is 9. The van der Waals surface area contributed by atoms with Crippen molar-refractivity contribution in [2.45, 2.75) is 70.6 Å². The third-order valence-corrected chi connectivity index (χ3v) is 4.96. The highest BCUT2D eigenvalue weighted by Gasteiger charge is 2.30. The van der Waals surface area contributed by atoms with Gasteiger partial charge in [0.1, 0.15) is 24.4 Å². The van der Waals surface area contributed by atoms with E-state index in [1.54, 1.807) is 0 Å². The molecule has 0 aliphatic carbocycles. The van der Waals surface area contributed by atoms with Gasteiger partial charge in [-0.25, -0.2) is 0 Å². The Labute approximate surface area is 211 Å². The molecule has 14 heteroatoms. The highest BCUT2D eigenvalue weighted by atomic mass is 16.3. The predicted octanol–water partition coefficient (Wildman–Crippen LogP) is -3.61. The summed E-state index contributed by atoms with van der Waals surface area (Å²) >= 11 is 0. The second-order valence-electron chi connectivity index (χ2n) is 8.75. The van der Waals surface area contributed by atoms with Crippen LogP contribution in [-0.2, 0) is 28.8 Å². The number of aliphatic hydroxyl groups is 1. The predicted molar refractivity (Wildman–Crippen MR) is 131 cm³/mol. The van der Waals surface area contributed by atoms with Crippen LogP contribution in [0.4, 0.5) is 0 Å². The van der Waals surface area contributed by atoms with Crippen LogP contribution in [0, 0.1) is 5.92 Å². The van der Waals surface area contributed by atoms with Gasteiger partial charge >= 0.3 is 0 Å². The molecule has 0 spiro atoms. The van der Waals surface area contributed by atoms with Crippen LogP contribution >= 0.6 is 0 Å². The van der Waals surface area contributed by atoms with E-state index in [0.29, 0.717) is 25.7 Å². The van der Waals surface area contributed by atoms with Crippen molar-refractivity contribution in [3.05, 3.63) is 0 Å². The second-order valence-corrected chi connectivity index (χ2v) is 8.75. The average molecular weight is 516 g/mol. The number of unbranched alkanes of at least 4 members (excludes halogenated alkanes) is 1. The molecule has 0 fully saturated rings. The van der Waals surface area contributed by atoms with E-state index in [9.17, 15) is 33.9 Å². The van der Waals surface area contributed by atoms with Gasteiger partial charge in [-0.15, -0.1) is 0 Å². The van der Waals surface area contributed by atoms with E-state index < -0.39 is 60.3 Å². The van der Waals surface area contributed by atoms with E-state index in [-0.39, 0.29) is 31.8 Å². The van der Waals surface area contributed by atoms with Gasteiger partial charge in [0.05, 0.1) is 25.7 Å². The van der Waals surface area contributed by atoms with E-state index in [1.165, 1.54) is 6.92 Å². The number of nitrogens with two attached hydrogens (primary N) is 2. The third kappa shape index (κ3) is 13.7. The van der Waals surface area contributed by atoms with Gasteiger partial charge in [0.25, 0.3) is 0 Å². The third-order valence-electron chi connectivity index (χ3n) is 4.96. The maximum Gasteiger partial charge on any atom is 0.245 e. The van der Waals surface area contributed by atoms with Crippen LogP contribution < -0.4 is 38.1 Å². The van der Waals surface area contributed by atoms with Gasteiger partial charge in [-0.05, 0) is 45.1 Å². The zero-order valence-electron chi connectivity index (χ0n) is 21.2. The lowest BCUT2D eigenvalue weighted by atomic mass is 10.0. The maximum atomic E-state index is 13.0. The number of carbonyl (C=O) groups excluding carboxylic acids is 6. The topological polar surface area (TPSA) is 235 Å². The van der Waals surface area contributed by atoms with Crippen molar-refractivity contribution in [3.8, 4) is 0 Å². The summed E-state index contributed by atoms with van der Waals surface area (Å²) in [5, 5.41) is 21.7. The molecule has 0 saturated carbocycles. The van der Waals surface area contributed by atoms with Gasteiger partial charge in [0.15, 0.2) is 0 Å². The van der Waals surface area contributed by atoms with Gasteiger partial charge < -0.3 is 48.0 Å². The van der Waals surface area contributed by atoms with Gasteiger partial charge in [-0.3, -0.25) is 24.0 Å². The molecule has 36 heavy (non-hydrogen) atoms. The molecule has 0 aromatic carbocycles. The molecule has 5 amide bonds. The van der Waals surface area contributed by atoms with Gasteiger partial charge in [0, 0.05) is 0 Å². The quantitative estimate of drug-likeness (QED) is 0.0663. The summed E-state index contributed by atoms with van der Waals surface area (Å²) < 4.78 is 0. The fraction of sp³-hybridized carbons (Fsp3) is 0.727. The molecule has 0 aromatic heterocycles. The first kappa shape index (κ1) is 32.9. The molecule has 0 aliphatic heterocycles. The SMILES string of the molecule is CC(C)C[C@H](NC(=O)[C@H](CCCCN)NC(=O)CNC(=O)CN)C(=O)N[C@@H](CO)C(=O)N[C@@H](C)C=O. The van der Waals surface area contributed by atoms with E-state index in [0.717, 1.165) is 0 Å². The number of aliphatic hydroxyl groups excluding tert-OH is 1. The molecule has 0 bridgehead atoms. The Hall–Kier alpha value is -3.10. The molecule has 4 atom stereocenters. The van der Waals surface area contributed by atoms with Crippen molar-refractivity contribution in [2.24, 2.45) is 17.4 Å². The Morgan fingerprint density at radius 2 is 1.39 bits per heavy atom. The number of rotatable bonds is 18. The Balaban J connectivity index is 5.44. The van der Waals surface area contributed by atoms with E-state index in [4.69, 9.17) is 11.5 Å². The summed E-state index contributed by atoms with van der Waals surface area (Å²) in [7, 11) is 0. The summed E-state index contributed by atoms with van der Waals surface area (Å²) in [6.45, 7) is 4.09. The highest BCUT2D eigenvalue weighted by Crippen LogP contribution is 2.08. The molecule has 0 heterocycles. The summed E-state index contributed by atoms with van der Waals surface area (Å²) in [6.07, 6.45) is 2.06. The normalized spacial score (nSPS) is 14.1. The van der Waals surface area contributed by atoms with E-state index in [1.807, 2.05) is 13.8 Å². The Morgan fingerprint density at radius 3 is 1.92 bits per heavy atom. The van der Waals surface area contributed by atoms with Crippen LogP contribution in [0.1, 0.15) is 46.5 Å². The van der Waals surface area contributed by atoms with Gasteiger partial charge in [-0.1, -0.05) is 13.8 Å². The second kappa shape index (κ2) is 18.2. The van der Waals surface area contributed by atoms with E-state index >= 15 is 0 Å². The number of amides is 5. The molecule has 10 N–H and O–H groups in total. The smallest absolute Gasteiger partial charge is 0.245 e.